The number of allylic oxidation sites excluding steroid dienone is 1. The molecule has 0 aromatic heterocycles. The number of methoxy groups -OCH3 is 1. The predicted molar refractivity (Wildman–Crippen MR) is 74.6 cm³/mol. The second kappa shape index (κ2) is 4.68. The van der Waals surface area contributed by atoms with Crippen molar-refractivity contribution in [1.82, 2.24) is 0 Å². The van der Waals surface area contributed by atoms with E-state index < -0.39 is 0 Å². The minimum atomic E-state index is -0.254. The van der Waals surface area contributed by atoms with Gasteiger partial charge in [-0.2, -0.15) is 0 Å². The van der Waals surface area contributed by atoms with Crippen molar-refractivity contribution in [3.05, 3.63) is 35.4 Å². The molecule has 1 atom stereocenters. The molecule has 0 fully saturated rings. The van der Waals surface area contributed by atoms with Crippen molar-refractivity contribution >= 4 is 0 Å². The molecule has 0 radical (unpaired) electrons. The van der Waals surface area contributed by atoms with E-state index in [4.69, 9.17) is 9.47 Å². The summed E-state index contributed by atoms with van der Waals surface area (Å²) in [4.78, 5) is 0. The largest absolute Gasteiger partial charge is 0.496 e. The number of hydrogen-bond acceptors (Lipinski definition) is 2. The third kappa shape index (κ3) is 2.53. The summed E-state index contributed by atoms with van der Waals surface area (Å²) in [5.74, 6) is 2.36. The first-order chi connectivity index (χ1) is 8.43. The van der Waals surface area contributed by atoms with Gasteiger partial charge in [0.15, 0.2) is 0 Å². The van der Waals surface area contributed by atoms with Crippen molar-refractivity contribution < 1.29 is 9.47 Å². The Balaban J connectivity index is 2.52. The van der Waals surface area contributed by atoms with Crippen LogP contribution in [0.4, 0.5) is 0 Å². The lowest BCUT2D eigenvalue weighted by atomic mass is 9.92. The molecule has 0 spiro atoms. The van der Waals surface area contributed by atoms with Crippen LogP contribution in [-0.4, -0.2) is 12.7 Å². The molecule has 0 amide bonds. The van der Waals surface area contributed by atoms with Crippen molar-refractivity contribution in [3.8, 4) is 11.5 Å². The maximum absolute atomic E-state index is 6.13. The van der Waals surface area contributed by atoms with E-state index in [-0.39, 0.29) is 5.60 Å². The molecular weight excluding hydrogens is 224 g/mol. The van der Waals surface area contributed by atoms with Gasteiger partial charge in [0.05, 0.1) is 7.11 Å². The average molecular weight is 246 g/mol. The van der Waals surface area contributed by atoms with E-state index in [2.05, 4.69) is 52.0 Å². The highest BCUT2D eigenvalue weighted by molar-refractivity contribution is 5.48. The summed E-state index contributed by atoms with van der Waals surface area (Å²) in [5, 5.41) is 0. The lowest BCUT2D eigenvalue weighted by Crippen LogP contribution is -2.27. The quantitative estimate of drug-likeness (QED) is 0.690. The molecule has 1 aliphatic heterocycles. The number of fused-ring (bicyclic) bond motifs is 1. The van der Waals surface area contributed by atoms with Crippen LogP contribution in [0.1, 0.15) is 44.2 Å². The molecule has 2 heteroatoms. The van der Waals surface area contributed by atoms with Gasteiger partial charge in [-0.1, -0.05) is 13.0 Å². The van der Waals surface area contributed by atoms with Gasteiger partial charge in [0, 0.05) is 5.56 Å². The number of rotatable bonds is 1. The highest BCUT2D eigenvalue weighted by atomic mass is 16.5. The fraction of sp³-hybridized carbons (Fsp3) is 0.500. The smallest absolute Gasteiger partial charge is 0.124 e. The fourth-order valence-electron chi connectivity index (χ4n) is 2.37. The molecule has 0 saturated carbocycles. The number of ether oxygens (including phenoxy) is 2. The average Bonchev–Trinajstić information content (AvgIpc) is 2.26. The standard InChI is InChI=1S/C16H22O2/c1-11-7-6-8-16(3,4)18-15-9-12(2)14(17-5)10-13(11)15/h6,8-11H,7H2,1-5H3/b8-6-/t11-/m1/s1. The Morgan fingerprint density at radius 2 is 2.06 bits per heavy atom. The van der Waals surface area contributed by atoms with E-state index in [1.54, 1.807) is 7.11 Å². The Morgan fingerprint density at radius 3 is 2.72 bits per heavy atom. The van der Waals surface area contributed by atoms with E-state index >= 15 is 0 Å². The predicted octanol–water partition coefficient (Wildman–Crippen LogP) is 4.22. The molecule has 0 saturated heterocycles. The van der Waals surface area contributed by atoms with Crippen LogP contribution in [0.15, 0.2) is 24.3 Å². The third-order valence-corrected chi connectivity index (χ3v) is 3.44. The summed E-state index contributed by atoms with van der Waals surface area (Å²) in [7, 11) is 1.72. The molecule has 2 nitrogen and oxygen atoms in total. The maximum Gasteiger partial charge on any atom is 0.124 e. The molecule has 1 aromatic carbocycles. The molecule has 0 bridgehead atoms. The highest BCUT2D eigenvalue weighted by Crippen LogP contribution is 2.38. The molecule has 2 rings (SSSR count). The van der Waals surface area contributed by atoms with Gasteiger partial charge in [-0.3, -0.25) is 0 Å². The second-order valence-corrected chi connectivity index (χ2v) is 5.60. The van der Waals surface area contributed by atoms with Crippen molar-refractivity contribution in [1.29, 1.82) is 0 Å². The SMILES string of the molecule is COc1cc2c(cc1C)OC(C)(C)/C=C\C[C@H]2C. The zero-order chi connectivity index (χ0) is 13.3. The van der Waals surface area contributed by atoms with Crippen LogP contribution >= 0.6 is 0 Å². The Morgan fingerprint density at radius 1 is 1.33 bits per heavy atom. The number of aryl methyl sites for hydroxylation is 1. The molecule has 1 aromatic rings. The van der Waals surface area contributed by atoms with Crippen LogP contribution in [0.25, 0.3) is 0 Å². The normalized spacial score (nSPS) is 23.3. The Labute approximate surface area is 110 Å². The van der Waals surface area contributed by atoms with E-state index in [1.807, 2.05) is 0 Å². The fourth-order valence-corrected chi connectivity index (χ4v) is 2.37. The highest BCUT2D eigenvalue weighted by Gasteiger charge is 2.23. The lowest BCUT2D eigenvalue weighted by Gasteiger charge is -2.29. The van der Waals surface area contributed by atoms with E-state index in [9.17, 15) is 0 Å². The van der Waals surface area contributed by atoms with E-state index in [0.717, 1.165) is 23.5 Å². The van der Waals surface area contributed by atoms with Crippen molar-refractivity contribution in [2.45, 2.75) is 45.6 Å². The summed E-state index contributed by atoms with van der Waals surface area (Å²) in [6, 6.07) is 4.20. The van der Waals surface area contributed by atoms with Crippen molar-refractivity contribution in [2.75, 3.05) is 7.11 Å². The zero-order valence-electron chi connectivity index (χ0n) is 11.9. The van der Waals surface area contributed by atoms with Gasteiger partial charge in [0.25, 0.3) is 0 Å². The first kappa shape index (κ1) is 13.0. The topological polar surface area (TPSA) is 18.5 Å². The zero-order valence-corrected chi connectivity index (χ0v) is 11.9. The third-order valence-electron chi connectivity index (χ3n) is 3.44. The summed E-state index contributed by atoms with van der Waals surface area (Å²) in [6.07, 6.45) is 5.39. The molecule has 1 heterocycles. The molecule has 98 valence electrons. The summed E-state index contributed by atoms with van der Waals surface area (Å²) >= 11 is 0. The number of hydrogen-bond donors (Lipinski definition) is 0. The molecular formula is C16H22O2. The van der Waals surface area contributed by atoms with Gasteiger partial charge in [-0.05, 0) is 56.9 Å². The first-order valence-electron chi connectivity index (χ1n) is 6.48. The van der Waals surface area contributed by atoms with Gasteiger partial charge < -0.3 is 9.47 Å². The second-order valence-electron chi connectivity index (χ2n) is 5.60. The first-order valence-corrected chi connectivity index (χ1v) is 6.48. The minimum Gasteiger partial charge on any atom is -0.496 e. The molecule has 0 N–H and O–H groups in total. The molecule has 1 aliphatic rings. The Hall–Kier alpha value is -1.44. The van der Waals surface area contributed by atoms with Crippen LogP contribution in [0, 0.1) is 6.92 Å². The van der Waals surface area contributed by atoms with Gasteiger partial charge >= 0.3 is 0 Å². The minimum absolute atomic E-state index is 0.254. The van der Waals surface area contributed by atoms with Gasteiger partial charge in [0.1, 0.15) is 17.1 Å². The Bertz CT molecular complexity index is 472. The number of benzene rings is 1. The van der Waals surface area contributed by atoms with Gasteiger partial charge in [0.2, 0.25) is 0 Å². The Kier molecular flexibility index (Phi) is 3.38. The summed E-state index contributed by atoms with van der Waals surface area (Å²) in [6.45, 7) is 8.44. The van der Waals surface area contributed by atoms with Crippen molar-refractivity contribution in [2.24, 2.45) is 0 Å². The molecule has 0 aliphatic carbocycles. The summed E-state index contributed by atoms with van der Waals surface area (Å²) in [5.41, 5.74) is 2.09. The van der Waals surface area contributed by atoms with Crippen LogP contribution in [-0.2, 0) is 0 Å². The lowest BCUT2D eigenvalue weighted by molar-refractivity contribution is 0.157. The monoisotopic (exact) mass is 246 g/mol. The van der Waals surface area contributed by atoms with Crippen LogP contribution in [0.3, 0.4) is 0 Å². The van der Waals surface area contributed by atoms with E-state index in [0.29, 0.717) is 5.92 Å². The van der Waals surface area contributed by atoms with Crippen LogP contribution in [0.2, 0.25) is 0 Å². The van der Waals surface area contributed by atoms with Gasteiger partial charge in [-0.15, -0.1) is 0 Å². The van der Waals surface area contributed by atoms with E-state index in [1.165, 1.54) is 5.56 Å². The summed E-state index contributed by atoms with van der Waals surface area (Å²) < 4.78 is 11.5. The molecule has 18 heavy (non-hydrogen) atoms. The van der Waals surface area contributed by atoms with Crippen LogP contribution < -0.4 is 9.47 Å². The van der Waals surface area contributed by atoms with Gasteiger partial charge in [-0.25, -0.2) is 0 Å². The molecule has 0 unspecified atom stereocenters. The maximum atomic E-state index is 6.13. The van der Waals surface area contributed by atoms with Crippen LogP contribution in [0.5, 0.6) is 11.5 Å². The van der Waals surface area contributed by atoms with Crippen molar-refractivity contribution in [3.63, 3.8) is 0 Å².